The minimum atomic E-state index is -1.83. The lowest BCUT2D eigenvalue weighted by Crippen LogP contribution is -2.48. The molecule has 2 aromatic rings. The molecule has 0 radical (unpaired) electrons. The van der Waals surface area contributed by atoms with E-state index in [1.807, 2.05) is 6.07 Å². The molecule has 4 nitrogen and oxygen atoms in total. The monoisotopic (exact) mass is 422 g/mol. The topological polar surface area (TPSA) is 46.9 Å². The predicted molar refractivity (Wildman–Crippen MR) is 105 cm³/mol. The van der Waals surface area contributed by atoms with Crippen LogP contribution in [0, 0.1) is 5.82 Å². The molecule has 6 heteroatoms. The van der Waals surface area contributed by atoms with Gasteiger partial charge in [-0.2, -0.15) is 0 Å². The van der Waals surface area contributed by atoms with Crippen LogP contribution < -0.4 is 4.90 Å². The van der Waals surface area contributed by atoms with Crippen LogP contribution in [0.3, 0.4) is 0 Å². The SMILES string of the molecule is CCN(CC)CCN1c2c(Br)cccc2C(O)(c2ccccc2F)C1O. The fourth-order valence-electron chi connectivity index (χ4n) is 3.68. The summed E-state index contributed by atoms with van der Waals surface area (Å²) < 4.78 is 15.3. The van der Waals surface area contributed by atoms with E-state index in [2.05, 4.69) is 34.7 Å². The number of anilines is 1. The van der Waals surface area contributed by atoms with Gasteiger partial charge in [-0.15, -0.1) is 0 Å². The summed E-state index contributed by atoms with van der Waals surface area (Å²) >= 11 is 3.53. The lowest BCUT2D eigenvalue weighted by Gasteiger charge is -2.33. The van der Waals surface area contributed by atoms with Crippen LogP contribution in [-0.4, -0.2) is 47.5 Å². The highest BCUT2D eigenvalue weighted by atomic mass is 79.9. The fourth-order valence-corrected chi connectivity index (χ4v) is 4.27. The molecule has 2 aromatic carbocycles. The van der Waals surface area contributed by atoms with Crippen molar-refractivity contribution in [3.63, 3.8) is 0 Å². The zero-order valence-corrected chi connectivity index (χ0v) is 16.6. The van der Waals surface area contributed by atoms with Gasteiger partial charge in [0.1, 0.15) is 5.82 Å². The van der Waals surface area contributed by atoms with Crippen molar-refractivity contribution in [1.82, 2.24) is 4.90 Å². The van der Waals surface area contributed by atoms with E-state index in [-0.39, 0.29) is 5.56 Å². The van der Waals surface area contributed by atoms with Gasteiger partial charge >= 0.3 is 0 Å². The predicted octanol–water partition coefficient (Wildman–Crippen LogP) is 3.30. The Hall–Kier alpha value is -1.47. The Balaban J connectivity index is 2.07. The number of benzene rings is 2. The smallest absolute Gasteiger partial charge is 0.164 e. The first kappa shape index (κ1) is 19.3. The summed E-state index contributed by atoms with van der Waals surface area (Å²) in [7, 11) is 0. The lowest BCUT2D eigenvalue weighted by molar-refractivity contribution is -0.0409. The molecule has 1 aliphatic heterocycles. The van der Waals surface area contributed by atoms with Gasteiger partial charge in [-0.3, -0.25) is 0 Å². The summed E-state index contributed by atoms with van der Waals surface area (Å²) in [5.41, 5.74) is -0.535. The van der Waals surface area contributed by atoms with Crippen molar-refractivity contribution < 1.29 is 14.6 Å². The van der Waals surface area contributed by atoms with Crippen LogP contribution in [0.5, 0.6) is 0 Å². The van der Waals surface area contributed by atoms with Crippen LogP contribution >= 0.6 is 15.9 Å². The zero-order valence-electron chi connectivity index (χ0n) is 15.0. The molecule has 2 N–H and O–H groups in total. The standard InChI is InChI=1S/C20H24BrFN2O2/c1-3-23(4-2)12-13-24-18-15(9-7-10-16(18)21)20(26,19(24)25)14-8-5-6-11-17(14)22/h5-11,19,25-26H,3-4,12-13H2,1-2H3. The summed E-state index contributed by atoms with van der Waals surface area (Å²) in [5, 5.41) is 22.5. The highest BCUT2D eigenvalue weighted by molar-refractivity contribution is 9.10. The average Bonchev–Trinajstić information content (AvgIpc) is 2.86. The molecule has 140 valence electrons. The van der Waals surface area contributed by atoms with Gasteiger partial charge in [0.25, 0.3) is 0 Å². The van der Waals surface area contributed by atoms with Crippen molar-refractivity contribution in [3.8, 4) is 0 Å². The Morgan fingerprint density at radius 1 is 1.12 bits per heavy atom. The van der Waals surface area contributed by atoms with Crippen LogP contribution in [0.25, 0.3) is 0 Å². The van der Waals surface area contributed by atoms with Crippen LogP contribution in [0.2, 0.25) is 0 Å². The molecule has 0 amide bonds. The normalized spacial score (nSPS) is 22.1. The summed E-state index contributed by atoms with van der Waals surface area (Å²) in [6.45, 7) is 7.24. The van der Waals surface area contributed by atoms with Gasteiger partial charge in [0, 0.05) is 28.7 Å². The Labute approximate surface area is 162 Å². The van der Waals surface area contributed by atoms with Gasteiger partial charge in [-0.1, -0.05) is 44.2 Å². The van der Waals surface area contributed by atoms with Crippen LogP contribution in [0.15, 0.2) is 46.9 Å². The minimum Gasteiger partial charge on any atom is -0.375 e. The van der Waals surface area contributed by atoms with E-state index < -0.39 is 17.6 Å². The van der Waals surface area contributed by atoms with Gasteiger partial charge in [-0.05, 0) is 41.2 Å². The van der Waals surface area contributed by atoms with Gasteiger partial charge < -0.3 is 20.0 Å². The number of nitrogens with zero attached hydrogens (tertiary/aromatic N) is 2. The molecule has 1 aliphatic rings. The van der Waals surface area contributed by atoms with E-state index in [1.165, 1.54) is 12.1 Å². The van der Waals surface area contributed by atoms with Crippen LogP contribution in [0.1, 0.15) is 25.0 Å². The van der Waals surface area contributed by atoms with Crippen molar-refractivity contribution in [2.75, 3.05) is 31.1 Å². The number of fused-ring (bicyclic) bond motifs is 1. The largest absolute Gasteiger partial charge is 0.375 e. The molecule has 26 heavy (non-hydrogen) atoms. The first-order valence-electron chi connectivity index (χ1n) is 8.88. The van der Waals surface area contributed by atoms with Crippen LogP contribution in [-0.2, 0) is 5.60 Å². The van der Waals surface area contributed by atoms with E-state index in [9.17, 15) is 14.6 Å². The summed E-state index contributed by atoms with van der Waals surface area (Å²) in [6, 6.07) is 11.5. The van der Waals surface area contributed by atoms with Gasteiger partial charge in [0.05, 0.1) is 5.69 Å². The summed E-state index contributed by atoms with van der Waals surface area (Å²) in [6.07, 6.45) is -1.27. The van der Waals surface area contributed by atoms with Gasteiger partial charge in [0.15, 0.2) is 11.8 Å². The van der Waals surface area contributed by atoms with E-state index in [4.69, 9.17) is 0 Å². The molecular weight excluding hydrogens is 399 g/mol. The first-order valence-corrected chi connectivity index (χ1v) is 9.67. The third-order valence-electron chi connectivity index (χ3n) is 5.19. The van der Waals surface area contributed by atoms with E-state index in [1.54, 1.807) is 29.2 Å². The first-order chi connectivity index (χ1) is 12.4. The molecule has 0 aliphatic carbocycles. The number of aliphatic hydroxyl groups is 2. The van der Waals surface area contributed by atoms with Gasteiger partial charge in [-0.25, -0.2) is 4.39 Å². The molecule has 0 aromatic heterocycles. The van der Waals surface area contributed by atoms with Crippen molar-refractivity contribution in [2.24, 2.45) is 0 Å². The molecule has 0 fully saturated rings. The highest BCUT2D eigenvalue weighted by Gasteiger charge is 2.52. The Morgan fingerprint density at radius 2 is 1.77 bits per heavy atom. The van der Waals surface area contributed by atoms with E-state index in [0.717, 1.165) is 24.1 Å². The number of para-hydroxylation sites is 1. The Bertz CT molecular complexity index is 784. The zero-order chi connectivity index (χ0) is 18.9. The number of hydrogen-bond acceptors (Lipinski definition) is 4. The minimum absolute atomic E-state index is 0.0807. The third-order valence-corrected chi connectivity index (χ3v) is 5.83. The number of hydrogen-bond donors (Lipinski definition) is 2. The maximum Gasteiger partial charge on any atom is 0.164 e. The lowest BCUT2D eigenvalue weighted by atomic mass is 9.86. The van der Waals surface area contributed by atoms with Crippen molar-refractivity contribution in [2.45, 2.75) is 25.7 Å². The van der Waals surface area contributed by atoms with E-state index >= 15 is 0 Å². The molecule has 1 heterocycles. The van der Waals surface area contributed by atoms with Crippen molar-refractivity contribution in [1.29, 1.82) is 0 Å². The van der Waals surface area contributed by atoms with Gasteiger partial charge in [0.2, 0.25) is 0 Å². The molecular formula is C20H24BrFN2O2. The van der Waals surface area contributed by atoms with Crippen molar-refractivity contribution in [3.05, 3.63) is 63.9 Å². The number of likely N-dealkylation sites (N-methyl/N-ethyl adjacent to an activating group) is 1. The number of rotatable bonds is 6. The summed E-state index contributed by atoms with van der Waals surface area (Å²) in [5.74, 6) is -0.537. The fraction of sp³-hybridized carbons (Fsp3) is 0.400. The molecule has 0 saturated heterocycles. The second kappa shape index (κ2) is 7.64. The average molecular weight is 423 g/mol. The maximum absolute atomic E-state index is 14.5. The van der Waals surface area contributed by atoms with Crippen LogP contribution in [0.4, 0.5) is 10.1 Å². The molecule has 3 rings (SSSR count). The Morgan fingerprint density at radius 3 is 2.42 bits per heavy atom. The molecule has 0 saturated carbocycles. The number of halogens is 2. The molecule has 2 atom stereocenters. The molecule has 0 spiro atoms. The third kappa shape index (κ3) is 3.05. The molecule has 2 unspecified atom stereocenters. The van der Waals surface area contributed by atoms with E-state index in [0.29, 0.717) is 17.8 Å². The maximum atomic E-state index is 14.5. The Kier molecular flexibility index (Phi) is 5.67. The summed E-state index contributed by atoms with van der Waals surface area (Å²) in [4.78, 5) is 3.99. The molecule has 0 bridgehead atoms. The highest BCUT2D eigenvalue weighted by Crippen LogP contribution is 2.50. The second-order valence-electron chi connectivity index (χ2n) is 6.48. The second-order valence-corrected chi connectivity index (χ2v) is 7.33. The quantitative estimate of drug-likeness (QED) is 0.749. The van der Waals surface area contributed by atoms with Crippen molar-refractivity contribution >= 4 is 21.6 Å². The number of aliphatic hydroxyl groups excluding tert-OH is 1.